The van der Waals surface area contributed by atoms with E-state index in [-0.39, 0.29) is 5.97 Å². The number of fused-ring (bicyclic) bond motifs is 2. The van der Waals surface area contributed by atoms with E-state index in [0.29, 0.717) is 17.8 Å². The molecule has 0 bridgehead atoms. The van der Waals surface area contributed by atoms with Crippen LogP contribution in [0.2, 0.25) is 0 Å². The molecule has 0 fully saturated rings. The molecule has 37 heavy (non-hydrogen) atoms. The van der Waals surface area contributed by atoms with Crippen molar-refractivity contribution < 1.29 is 14.6 Å². The van der Waals surface area contributed by atoms with Crippen molar-refractivity contribution in [3.63, 3.8) is 0 Å². The van der Waals surface area contributed by atoms with Crippen molar-refractivity contribution in [2.45, 2.75) is 39.3 Å². The largest absolute Gasteiger partial charge is 0.465 e. The summed E-state index contributed by atoms with van der Waals surface area (Å²) in [6, 6.07) is 11.5. The number of rotatable bonds is 4. The van der Waals surface area contributed by atoms with Gasteiger partial charge in [0.2, 0.25) is 0 Å². The molecular weight excluding hydrogens is 466 g/mol. The number of nitrogens with zero attached hydrogens (tertiary/aromatic N) is 5. The van der Waals surface area contributed by atoms with Gasteiger partial charge in [-0.3, -0.25) is 4.98 Å². The number of allylic oxidation sites excluding steroid dienone is 1. The lowest BCUT2D eigenvalue weighted by Crippen LogP contribution is -2.34. The summed E-state index contributed by atoms with van der Waals surface area (Å²) in [5.74, 6) is 0.472. The molecule has 0 saturated heterocycles. The summed E-state index contributed by atoms with van der Waals surface area (Å²) >= 11 is 0. The highest BCUT2D eigenvalue weighted by Gasteiger charge is 2.29. The Balaban J connectivity index is 1.64. The predicted molar refractivity (Wildman–Crippen MR) is 145 cm³/mol. The van der Waals surface area contributed by atoms with Crippen LogP contribution < -0.4 is 4.90 Å². The zero-order chi connectivity index (χ0) is 26.3. The molecule has 1 N–H and O–H groups in total. The summed E-state index contributed by atoms with van der Waals surface area (Å²) in [6.07, 6.45) is 6.39. The molecule has 5 rings (SSSR count). The van der Waals surface area contributed by atoms with Gasteiger partial charge in [0.05, 0.1) is 47.3 Å². The summed E-state index contributed by atoms with van der Waals surface area (Å²) in [6.45, 7) is 6.72. The second-order valence-corrected chi connectivity index (χ2v) is 9.85. The van der Waals surface area contributed by atoms with Crippen LogP contribution in [0.25, 0.3) is 17.0 Å². The van der Waals surface area contributed by atoms with Gasteiger partial charge in [0.1, 0.15) is 11.4 Å². The van der Waals surface area contributed by atoms with E-state index in [9.17, 15) is 9.90 Å². The predicted octanol–water partition coefficient (Wildman–Crippen LogP) is 4.69. The van der Waals surface area contributed by atoms with Crippen molar-refractivity contribution in [2.75, 3.05) is 25.6 Å². The van der Waals surface area contributed by atoms with E-state index >= 15 is 0 Å². The van der Waals surface area contributed by atoms with Gasteiger partial charge in [-0.05, 0) is 62.6 Å². The van der Waals surface area contributed by atoms with Gasteiger partial charge >= 0.3 is 5.97 Å². The van der Waals surface area contributed by atoms with Gasteiger partial charge in [0.15, 0.2) is 0 Å². The topological polar surface area (TPSA) is 91.2 Å². The van der Waals surface area contributed by atoms with E-state index < -0.39 is 5.60 Å². The molecule has 0 unspecified atom stereocenters. The zero-order valence-corrected chi connectivity index (χ0v) is 21.8. The number of aromatic nitrogens is 2. The highest BCUT2D eigenvalue weighted by atomic mass is 16.5. The minimum atomic E-state index is -1.03. The Morgan fingerprint density at radius 2 is 2.03 bits per heavy atom. The third kappa shape index (κ3) is 4.49. The van der Waals surface area contributed by atoms with Crippen LogP contribution in [0, 0.1) is 0 Å². The molecule has 2 aromatic heterocycles. The number of aliphatic hydroxyl groups is 1. The number of carbonyl (C=O) groups excluding carboxylic acids is 1. The number of ether oxygens (including phenoxy) is 1. The van der Waals surface area contributed by atoms with Crippen LogP contribution in [0.15, 0.2) is 53.7 Å². The van der Waals surface area contributed by atoms with E-state index in [2.05, 4.69) is 22.0 Å². The number of methoxy groups -OCH3 is 1. The van der Waals surface area contributed by atoms with Gasteiger partial charge in [-0.25, -0.2) is 14.8 Å². The zero-order valence-electron chi connectivity index (χ0n) is 21.8. The van der Waals surface area contributed by atoms with Crippen molar-refractivity contribution in [1.82, 2.24) is 14.9 Å². The van der Waals surface area contributed by atoms with E-state index in [1.165, 1.54) is 7.11 Å². The lowest BCUT2D eigenvalue weighted by Gasteiger charge is -2.35. The fourth-order valence-electron chi connectivity index (χ4n) is 4.95. The third-order valence-corrected chi connectivity index (χ3v) is 6.92. The number of aliphatic imine (C=N–C) groups is 1. The smallest absolute Gasteiger partial charge is 0.338 e. The fourth-order valence-corrected chi connectivity index (χ4v) is 4.95. The molecule has 4 heterocycles. The number of anilines is 1. The van der Waals surface area contributed by atoms with Crippen molar-refractivity contribution in [1.29, 1.82) is 0 Å². The summed E-state index contributed by atoms with van der Waals surface area (Å²) in [5.41, 5.74) is 6.64. The fraction of sp³-hybridized carbons (Fsp3) is 0.310. The van der Waals surface area contributed by atoms with Gasteiger partial charge in [0.25, 0.3) is 0 Å². The molecule has 0 aliphatic carbocycles. The summed E-state index contributed by atoms with van der Waals surface area (Å²) in [5, 5.41) is 10.3. The summed E-state index contributed by atoms with van der Waals surface area (Å²) in [4.78, 5) is 31.1. The molecule has 0 radical (unpaired) electrons. The average molecular weight is 498 g/mol. The number of esters is 1. The molecule has 3 aromatic rings. The molecule has 2 aliphatic rings. The number of carbonyl (C=O) groups is 1. The van der Waals surface area contributed by atoms with Crippen LogP contribution >= 0.6 is 0 Å². The Morgan fingerprint density at radius 3 is 2.70 bits per heavy atom. The van der Waals surface area contributed by atoms with Crippen LogP contribution in [0.4, 0.5) is 11.5 Å². The third-order valence-electron chi connectivity index (χ3n) is 6.92. The molecule has 2 aliphatic heterocycles. The molecule has 8 heteroatoms. The maximum Gasteiger partial charge on any atom is 0.338 e. The van der Waals surface area contributed by atoms with Gasteiger partial charge in [-0.1, -0.05) is 18.2 Å². The standard InChI is InChI=1S/C29H31N5O3/c1-6-24-26-23(31-17-33(24)4)14-22(19-10-11-25(30-15-19)29(2,3)36)32-27(26)34-13-12-18-8-7-9-20(21(18)16-34)28(35)37-5/h6-11,14-15,17,36H,12-13,16H2,1-5H3/b24-6+. The van der Waals surface area contributed by atoms with Crippen molar-refractivity contribution >= 4 is 29.5 Å². The summed E-state index contributed by atoms with van der Waals surface area (Å²) in [7, 11) is 3.38. The quantitative estimate of drug-likeness (QED) is 0.523. The molecule has 0 saturated carbocycles. The molecule has 0 atom stereocenters. The lowest BCUT2D eigenvalue weighted by atomic mass is 9.94. The Bertz CT molecular complexity index is 1420. The SMILES string of the molecule is C/C=C1\c2c(cc(-c3ccc(C(C)(C)O)nc3)nc2N2CCc3cccc(C(=O)OC)c3C2)N=CN1C. The lowest BCUT2D eigenvalue weighted by molar-refractivity contribution is 0.0599. The monoisotopic (exact) mass is 497 g/mol. The van der Waals surface area contributed by atoms with Crippen molar-refractivity contribution in [3.8, 4) is 11.3 Å². The Hall–Kier alpha value is -4.04. The first kappa shape index (κ1) is 24.6. The molecule has 190 valence electrons. The normalized spacial score (nSPS) is 16.0. The maximum atomic E-state index is 12.5. The number of benzene rings is 1. The molecular formula is C29H31N5O3. The van der Waals surface area contributed by atoms with Gasteiger partial charge in [0, 0.05) is 31.9 Å². The molecule has 0 spiro atoms. The van der Waals surface area contributed by atoms with Gasteiger partial charge in [-0.2, -0.15) is 0 Å². The van der Waals surface area contributed by atoms with Crippen LogP contribution in [-0.2, 0) is 23.3 Å². The number of hydrogen-bond donors (Lipinski definition) is 1. The van der Waals surface area contributed by atoms with E-state index in [0.717, 1.165) is 58.1 Å². The van der Waals surface area contributed by atoms with Crippen LogP contribution in [0.3, 0.4) is 0 Å². The van der Waals surface area contributed by atoms with Crippen LogP contribution in [-0.4, -0.2) is 53.0 Å². The first-order chi connectivity index (χ1) is 17.7. The van der Waals surface area contributed by atoms with E-state index in [1.807, 2.05) is 55.5 Å². The minimum Gasteiger partial charge on any atom is -0.465 e. The molecule has 0 amide bonds. The Labute approximate surface area is 217 Å². The second kappa shape index (κ2) is 9.44. The van der Waals surface area contributed by atoms with Gasteiger partial charge in [-0.15, -0.1) is 0 Å². The first-order valence-electron chi connectivity index (χ1n) is 12.3. The van der Waals surface area contributed by atoms with Crippen LogP contribution in [0.5, 0.6) is 0 Å². The number of hydrogen-bond acceptors (Lipinski definition) is 8. The summed E-state index contributed by atoms with van der Waals surface area (Å²) < 4.78 is 5.06. The second-order valence-electron chi connectivity index (χ2n) is 9.85. The number of pyridine rings is 2. The highest BCUT2D eigenvalue weighted by molar-refractivity contribution is 5.94. The molecule has 1 aromatic carbocycles. The van der Waals surface area contributed by atoms with Crippen molar-refractivity contribution in [2.24, 2.45) is 4.99 Å². The average Bonchev–Trinajstić information content (AvgIpc) is 2.91. The first-order valence-corrected chi connectivity index (χ1v) is 12.3. The van der Waals surface area contributed by atoms with E-state index in [4.69, 9.17) is 14.7 Å². The minimum absolute atomic E-state index is 0.334. The van der Waals surface area contributed by atoms with E-state index in [1.54, 1.807) is 20.0 Å². The van der Waals surface area contributed by atoms with Crippen molar-refractivity contribution in [3.05, 3.63) is 76.6 Å². The maximum absolute atomic E-state index is 12.5. The van der Waals surface area contributed by atoms with Gasteiger partial charge < -0.3 is 19.6 Å². The van der Waals surface area contributed by atoms with Crippen LogP contribution in [0.1, 0.15) is 53.5 Å². The highest BCUT2D eigenvalue weighted by Crippen LogP contribution is 2.42. The molecule has 8 nitrogen and oxygen atoms in total. The Morgan fingerprint density at radius 1 is 1.22 bits per heavy atom. The Kier molecular flexibility index (Phi) is 6.29.